The minimum Gasteiger partial charge on any atom is -0.459 e. The molecule has 2 unspecified atom stereocenters. The van der Waals surface area contributed by atoms with Gasteiger partial charge < -0.3 is 29.6 Å². The van der Waals surface area contributed by atoms with Crippen molar-refractivity contribution in [1.29, 1.82) is 0 Å². The van der Waals surface area contributed by atoms with Crippen LogP contribution >= 0.6 is 0 Å². The molecule has 6 atom stereocenters. The molecule has 2 fully saturated rings. The van der Waals surface area contributed by atoms with Gasteiger partial charge in [0.25, 0.3) is 11.1 Å². The average Bonchev–Trinajstić information content (AvgIpc) is 3.83. The maximum absolute atomic E-state index is 12.7. The Morgan fingerprint density at radius 1 is 0.920 bits per heavy atom. The van der Waals surface area contributed by atoms with Gasteiger partial charge in [0.1, 0.15) is 37.0 Å². The first-order valence-corrected chi connectivity index (χ1v) is 16.0. The molecule has 20 nitrogen and oxygen atoms in total. The second-order valence-electron chi connectivity index (χ2n) is 12.0. The smallest absolute Gasteiger partial charge is 0.407 e. The number of alkyl carbamates (subject to hydrolysis) is 1. The highest BCUT2D eigenvalue weighted by Crippen LogP contribution is 2.37. The molecule has 0 radical (unpaired) electrons. The lowest BCUT2D eigenvalue weighted by Crippen LogP contribution is -2.35. The summed E-state index contributed by atoms with van der Waals surface area (Å²) in [7, 11) is 1.44. The SMILES string of the molecule is CC[C@H]1O[C@@H](n2cc(C)c(=O)[nH]c2=O)CC1n1cc(CNC(=O)OC[C@H]2O[C@@H](n3cc(C)c(=O)[nH]c3=O)CC2OC(=O)CCC(=O)NC)nn1. The first-order valence-electron chi connectivity index (χ1n) is 16.0. The number of amides is 2. The molecule has 2 aliphatic rings. The maximum atomic E-state index is 12.7. The number of nitrogens with one attached hydrogen (secondary N) is 4. The lowest BCUT2D eigenvalue weighted by molar-refractivity contribution is -0.154. The van der Waals surface area contributed by atoms with Gasteiger partial charge in [0, 0.05) is 49.8 Å². The van der Waals surface area contributed by atoms with Gasteiger partial charge in [-0.05, 0) is 20.3 Å². The number of hydrogen-bond acceptors (Lipinski definition) is 13. The van der Waals surface area contributed by atoms with Crippen LogP contribution in [0, 0.1) is 13.8 Å². The topological polar surface area (TPSA) is 253 Å². The van der Waals surface area contributed by atoms with Crippen LogP contribution in [-0.2, 0) is 35.1 Å². The standard InChI is InChI=1S/C30H39N9O11/c1-5-19-18(8-23(48-19)37-11-15(2)26(42)33-28(37)44)39-13-17(35-36-39)10-32-30(46)47-14-21-20(50-25(41)7-6-22(40)31-4)9-24(49-21)38-12-16(3)27(43)34-29(38)45/h11-13,18-21,23-24H,5-10,14H2,1-4H3,(H,31,40)(H,32,46)(H,33,42,44)(H,34,43,45)/t18?,19-,20?,21-,23-,24-/m1/s1. The van der Waals surface area contributed by atoms with Crippen LogP contribution in [-0.4, -0.2) is 84.0 Å². The Bertz CT molecular complexity index is 1960. The molecule has 270 valence electrons. The minimum atomic E-state index is -0.977. The lowest BCUT2D eigenvalue weighted by Gasteiger charge is -2.19. The molecule has 2 aliphatic heterocycles. The number of rotatable bonds is 12. The summed E-state index contributed by atoms with van der Waals surface area (Å²) in [5.74, 6) is -1.03. The van der Waals surface area contributed by atoms with Gasteiger partial charge in [0.15, 0.2) is 0 Å². The summed E-state index contributed by atoms with van der Waals surface area (Å²) >= 11 is 0. The molecule has 3 aromatic heterocycles. The summed E-state index contributed by atoms with van der Waals surface area (Å²) in [5.41, 5.74) is -1.28. The molecule has 4 N–H and O–H groups in total. The highest BCUT2D eigenvalue weighted by Gasteiger charge is 2.41. The molecule has 0 saturated carbocycles. The van der Waals surface area contributed by atoms with Gasteiger partial charge in [-0.3, -0.25) is 38.3 Å². The number of H-pyrrole nitrogens is 2. The molecule has 0 aliphatic carbocycles. The van der Waals surface area contributed by atoms with Gasteiger partial charge in [0.2, 0.25) is 5.91 Å². The molecule has 5 rings (SSSR count). The van der Waals surface area contributed by atoms with Crippen molar-refractivity contribution in [1.82, 2.24) is 44.7 Å². The van der Waals surface area contributed by atoms with E-state index in [9.17, 15) is 33.6 Å². The quantitative estimate of drug-likeness (QED) is 0.169. The van der Waals surface area contributed by atoms with E-state index in [2.05, 4.69) is 30.9 Å². The van der Waals surface area contributed by atoms with Crippen LogP contribution in [0.3, 0.4) is 0 Å². The molecule has 20 heteroatoms. The zero-order valence-corrected chi connectivity index (χ0v) is 27.9. The molecular formula is C30H39N9O11. The van der Waals surface area contributed by atoms with E-state index >= 15 is 0 Å². The molecule has 0 bridgehead atoms. The van der Waals surface area contributed by atoms with Gasteiger partial charge in [-0.1, -0.05) is 12.1 Å². The Morgan fingerprint density at radius 2 is 1.54 bits per heavy atom. The summed E-state index contributed by atoms with van der Waals surface area (Å²) in [6.45, 7) is 4.64. The first-order chi connectivity index (χ1) is 23.9. The first kappa shape index (κ1) is 35.9. The predicted octanol–water partition coefficient (Wildman–Crippen LogP) is -0.814. The van der Waals surface area contributed by atoms with Crippen LogP contribution in [0.5, 0.6) is 0 Å². The van der Waals surface area contributed by atoms with Crippen molar-refractivity contribution in [3.05, 3.63) is 77.1 Å². The van der Waals surface area contributed by atoms with Gasteiger partial charge in [0.05, 0.1) is 31.3 Å². The Hall–Kier alpha value is -5.37. The van der Waals surface area contributed by atoms with Crippen molar-refractivity contribution < 1.29 is 33.3 Å². The number of aryl methyl sites for hydroxylation is 2. The molecule has 2 saturated heterocycles. The second kappa shape index (κ2) is 15.5. The molecule has 50 heavy (non-hydrogen) atoms. The molecule has 0 spiro atoms. The third-order valence-corrected chi connectivity index (χ3v) is 8.51. The highest BCUT2D eigenvalue weighted by atomic mass is 16.6. The fourth-order valence-electron chi connectivity index (χ4n) is 5.77. The van der Waals surface area contributed by atoms with Crippen molar-refractivity contribution in [3.63, 3.8) is 0 Å². The number of hydrogen-bond donors (Lipinski definition) is 4. The summed E-state index contributed by atoms with van der Waals surface area (Å²) in [6, 6.07) is -0.278. The average molecular weight is 702 g/mol. The number of esters is 1. The van der Waals surface area contributed by atoms with Crippen molar-refractivity contribution in [3.8, 4) is 0 Å². The van der Waals surface area contributed by atoms with Crippen molar-refractivity contribution in [2.75, 3.05) is 13.7 Å². The largest absolute Gasteiger partial charge is 0.459 e. The van der Waals surface area contributed by atoms with Crippen LogP contribution in [0.1, 0.15) is 74.3 Å². The number of aromatic nitrogens is 7. The van der Waals surface area contributed by atoms with Gasteiger partial charge >= 0.3 is 23.4 Å². The van der Waals surface area contributed by atoms with Crippen molar-refractivity contribution in [2.24, 2.45) is 0 Å². The normalized spacial score (nSPS) is 23.0. The van der Waals surface area contributed by atoms with Crippen molar-refractivity contribution in [2.45, 2.75) is 96.2 Å². The fourth-order valence-corrected chi connectivity index (χ4v) is 5.77. The fraction of sp³-hybridized carbons (Fsp3) is 0.567. The maximum Gasteiger partial charge on any atom is 0.407 e. The monoisotopic (exact) mass is 701 g/mol. The lowest BCUT2D eigenvalue weighted by atomic mass is 10.1. The Labute approximate surface area is 283 Å². The van der Waals surface area contributed by atoms with Crippen LogP contribution in [0.25, 0.3) is 0 Å². The third kappa shape index (κ3) is 8.25. The number of carbonyl (C=O) groups excluding carboxylic acids is 3. The summed E-state index contributed by atoms with van der Waals surface area (Å²) in [4.78, 5) is 89.8. The molecule has 5 heterocycles. The van der Waals surface area contributed by atoms with E-state index in [0.717, 1.165) is 4.57 Å². The highest BCUT2D eigenvalue weighted by molar-refractivity contribution is 5.81. The summed E-state index contributed by atoms with van der Waals surface area (Å²) in [5, 5.41) is 13.3. The van der Waals surface area contributed by atoms with Crippen LogP contribution in [0.15, 0.2) is 37.8 Å². The van der Waals surface area contributed by atoms with E-state index in [1.807, 2.05) is 6.92 Å². The van der Waals surface area contributed by atoms with E-state index < -0.39 is 59.2 Å². The zero-order chi connectivity index (χ0) is 36.1. The Balaban J connectivity index is 1.18. The van der Waals surface area contributed by atoms with Crippen LogP contribution in [0.2, 0.25) is 0 Å². The van der Waals surface area contributed by atoms with Gasteiger partial charge in [-0.2, -0.15) is 0 Å². The molecular weight excluding hydrogens is 662 g/mol. The third-order valence-electron chi connectivity index (χ3n) is 8.51. The number of nitrogens with zero attached hydrogens (tertiary/aromatic N) is 5. The zero-order valence-electron chi connectivity index (χ0n) is 27.9. The van der Waals surface area contributed by atoms with E-state index in [1.165, 1.54) is 30.9 Å². The number of ether oxygens (including phenoxy) is 4. The van der Waals surface area contributed by atoms with Crippen LogP contribution in [0.4, 0.5) is 4.79 Å². The van der Waals surface area contributed by atoms with Gasteiger partial charge in [-0.25, -0.2) is 19.1 Å². The number of carbonyl (C=O) groups is 3. The van der Waals surface area contributed by atoms with Crippen LogP contribution < -0.4 is 33.1 Å². The Kier molecular flexibility index (Phi) is 11.1. The number of aromatic amines is 2. The predicted molar refractivity (Wildman–Crippen MR) is 170 cm³/mol. The second-order valence-corrected chi connectivity index (χ2v) is 12.0. The van der Waals surface area contributed by atoms with E-state index in [0.29, 0.717) is 24.1 Å². The van der Waals surface area contributed by atoms with Crippen molar-refractivity contribution >= 4 is 18.0 Å². The van der Waals surface area contributed by atoms with E-state index in [4.69, 9.17) is 18.9 Å². The molecule has 0 aromatic carbocycles. The molecule has 3 aromatic rings. The summed E-state index contributed by atoms with van der Waals surface area (Å²) in [6.07, 6.45) is 0.507. The Morgan fingerprint density at radius 3 is 2.16 bits per heavy atom. The molecule has 2 amide bonds. The van der Waals surface area contributed by atoms with Gasteiger partial charge in [-0.15, -0.1) is 5.10 Å². The minimum absolute atomic E-state index is 0.0107. The van der Waals surface area contributed by atoms with E-state index in [1.54, 1.807) is 17.8 Å². The van der Waals surface area contributed by atoms with E-state index in [-0.39, 0.29) is 56.0 Å². The summed E-state index contributed by atoms with van der Waals surface area (Å²) < 4.78 is 27.1.